The summed E-state index contributed by atoms with van der Waals surface area (Å²) in [4.78, 5) is 22.8. The standard InChI is InChI=1S/C5H7NO2S/c7-4-6-3-1-2-5(8)9/h1-3H2,(H,8,9). The number of thiol groups is 1. The first-order chi connectivity index (χ1) is 4.27. The molecule has 50 valence electrons. The maximum atomic E-state index is 10.1. The number of hydrogen-bond donors (Lipinski definition) is 1. The van der Waals surface area contributed by atoms with Gasteiger partial charge in [0.1, 0.15) is 0 Å². The molecule has 0 heterocycles. The second-order valence-electron chi connectivity index (χ2n) is 1.47. The van der Waals surface area contributed by atoms with Gasteiger partial charge in [-0.2, -0.15) is 0 Å². The zero-order valence-corrected chi connectivity index (χ0v) is 5.73. The van der Waals surface area contributed by atoms with Gasteiger partial charge in [0.05, 0.1) is 6.54 Å². The number of carbonyl (C=O) groups is 1. The van der Waals surface area contributed by atoms with Crippen molar-refractivity contribution in [2.75, 3.05) is 6.54 Å². The molecule has 0 aromatic heterocycles. The molecule has 0 spiro atoms. The number of hydrogen-bond acceptors (Lipinski definition) is 3. The summed E-state index contributed by atoms with van der Waals surface area (Å²) < 4.78 is 0. The van der Waals surface area contributed by atoms with Gasteiger partial charge < -0.3 is 0 Å². The Morgan fingerprint density at radius 3 is 2.78 bits per heavy atom. The average molecular weight is 145 g/mol. The zero-order chi connectivity index (χ0) is 7.11. The van der Waals surface area contributed by atoms with E-state index >= 15 is 0 Å². The summed E-state index contributed by atoms with van der Waals surface area (Å²) in [6.07, 6.45) is 2.33. The monoisotopic (exact) mass is 145 g/mol. The van der Waals surface area contributed by atoms with Gasteiger partial charge in [0, 0.05) is 6.42 Å². The van der Waals surface area contributed by atoms with E-state index in [9.17, 15) is 9.59 Å². The van der Waals surface area contributed by atoms with Crippen molar-refractivity contribution in [3.8, 4) is 0 Å². The predicted octanol–water partition coefficient (Wildman–Crippen LogP) is 0.559. The minimum absolute atomic E-state index is 0.170. The third-order valence-electron chi connectivity index (χ3n) is 0.725. The van der Waals surface area contributed by atoms with E-state index in [2.05, 4.69) is 17.6 Å². The van der Waals surface area contributed by atoms with Crippen molar-refractivity contribution in [2.24, 2.45) is 4.99 Å². The van der Waals surface area contributed by atoms with Crippen LogP contribution in [0, 0.1) is 0 Å². The van der Waals surface area contributed by atoms with Crippen molar-refractivity contribution < 1.29 is 9.59 Å². The summed E-state index contributed by atoms with van der Waals surface area (Å²) >= 11 is 3.52. The fraction of sp³-hybridized carbons (Fsp3) is 0.600. The second kappa shape index (κ2) is 5.54. The molecule has 0 saturated heterocycles. The fourth-order valence-corrected chi connectivity index (χ4v) is 0.513. The topological polar surface area (TPSA) is 46.5 Å². The molecule has 9 heavy (non-hydrogen) atoms. The molecule has 4 heteroatoms. The van der Waals surface area contributed by atoms with Crippen LogP contribution in [0.4, 0.5) is 0 Å². The Balaban J connectivity index is 3.10. The third kappa shape index (κ3) is 7.40. The lowest BCUT2D eigenvalue weighted by molar-refractivity contribution is -0.110. The Morgan fingerprint density at radius 2 is 2.33 bits per heavy atom. The van der Waals surface area contributed by atoms with Crippen molar-refractivity contribution in [3.05, 3.63) is 0 Å². The molecular formula is C5H7NO2S. The third-order valence-corrected chi connectivity index (χ3v) is 0.949. The van der Waals surface area contributed by atoms with Crippen LogP contribution in [-0.4, -0.2) is 17.7 Å². The zero-order valence-electron chi connectivity index (χ0n) is 4.83. The summed E-state index contributed by atoms with van der Waals surface area (Å²) in [5.74, 6) is 0. The predicted molar refractivity (Wildman–Crippen MR) is 36.2 cm³/mol. The Morgan fingerprint density at radius 1 is 1.67 bits per heavy atom. The fourth-order valence-electron chi connectivity index (χ4n) is 0.355. The van der Waals surface area contributed by atoms with E-state index in [4.69, 9.17) is 0 Å². The van der Waals surface area contributed by atoms with Crippen LogP contribution >= 0.6 is 12.6 Å². The first-order valence-electron chi connectivity index (χ1n) is 2.53. The number of aliphatic imine (C=N–C) groups is 1. The van der Waals surface area contributed by atoms with Crippen LogP contribution in [0.15, 0.2) is 4.99 Å². The van der Waals surface area contributed by atoms with Crippen molar-refractivity contribution in [3.63, 3.8) is 0 Å². The maximum absolute atomic E-state index is 10.1. The van der Waals surface area contributed by atoms with Crippen LogP contribution in [0.5, 0.6) is 0 Å². The van der Waals surface area contributed by atoms with E-state index in [0.717, 1.165) is 0 Å². The van der Waals surface area contributed by atoms with Gasteiger partial charge in [0.25, 0.3) is 0 Å². The summed E-state index contributed by atoms with van der Waals surface area (Å²) in [6, 6.07) is 0. The summed E-state index contributed by atoms with van der Waals surface area (Å²) in [6.45, 7) is 0.371. The normalized spacial score (nSPS) is 8.11. The molecule has 0 aliphatic rings. The quantitative estimate of drug-likeness (QED) is 0.272. The van der Waals surface area contributed by atoms with Gasteiger partial charge in [-0.25, -0.2) is 9.79 Å². The first kappa shape index (κ1) is 8.40. The molecule has 0 saturated carbocycles. The van der Waals surface area contributed by atoms with E-state index in [-0.39, 0.29) is 5.12 Å². The van der Waals surface area contributed by atoms with Crippen LogP contribution in [0.3, 0.4) is 0 Å². The molecule has 0 aromatic carbocycles. The molecule has 0 unspecified atom stereocenters. The Labute approximate surface area is 58.6 Å². The van der Waals surface area contributed by atoms with E-state index < -0.39 is 0 Å². The average Bonchev–Trinajstić information content (AvgIpc) is 1.80. The molecule has 0 aliphatic heterocycles. The minimum Gasteiger partial charge on any atom is -0.288 e. The van der Waals surface area contributed by atoms with Gasteiger partial charge in [-0.1, -0.05) is 0 Å². The van der Waals surface area contributed by atoms with Gasteiger partial charge in [0.15, 0.2) is 5.12 Å². The highest BCUT2D eigenvalue weighted by Gasteiger charge is 1.91. The molecule has 3 nitrogen and oxygen atoms in total. The first-order valence-corrected chi connectivity index (χ1v) is 2.97. The highest BCUT2D eigenvalue weighted by molar-refractivity contribution is 7.96. The largest absolute Gasteiger partial charge is 0.288 e. The van der Waals surface area contributed by atoms with Crippen molar-refractivity contribution in [2.45, 2.75) is 12.8 Å². The number of rotatable bonds is 4. The van der Waals surface area contributed by atoms with E-state index in [1.165, 1.54) is 6.08 Å². The Kier molecular flexibility index (Phi) is 5.17. The van der Waals surface area contributed by atoms with Gasteiger partial charge in [-0.15, -0.1) is 12.6 Å². The van der Waals surface area contributed by atoms with Crippen LogP contribution in [0.2, 0.25) is 0 Å². The molecule has 0 aromatic rings. The van der Waals surface area contributed by atoms with Gasteiger partial charge in [0.2, 0.25) is 6.08 Å². The van der Waals surface area contributed by atoms with Crippen molar-refractivity contribution >= 4 is 23.8 Å². The Bertz CT molecular complexity index is 138. The molecule has 0 aliphatic carbocycles. The molecular weight excluding hydrogens is 138 g/mol. The molecule has 0 N–H and O–H groups in total. The van der Waals surface area contributed by atoms with Gasteiger partial charge >= 0.3 is 0 Å². The lowest BCUT2D eigenvalue weighted by Crippen LogP contribution is -1.87. The van der Waals surface area contributed by atoms with E-state index in [0.29, 0.717) is 19.4 Å². The van der Waals surface area contributed by atoms with Crippen LogP contribution < -0.4 is 0 Å². The maximum Gasteiger partial charge on any atom is 0.234 e. The van der Waals surface area contributed by atoms with Crippen LogP contribution in [0.25, 0.3) is 0 Å². The summed E-state index contributed by atoms with van der Waals surface area (Å²) in [5.41, 5.74) is 0. The SMILES string of the molecule is O=C=NCCCC(=O)S. The summed E-state index contributed by atoms with van der Waals surface area (Å²) in [7, 11) is 0. The van der Waals surface area contributed by atoms with Crippen LogP contribution in [-0.2, 0) is 9.59 Å². The van der Waals surface area contributed by atoms with Gasteiger partial charge in [-0.3, -0.25) is 4.79 Å². The lowest BCUT2D eigenvalue weighted by Gasteiger charge is -1.86. The summed E-state index contributed by atoms with van der Waals surface area (Å²) in [5, 5.41) is -0.170. The molecule has 0 atom stereocenters. The highest BCUT2D eigenvalue weighted by Crippen LogP contribution is 1.92. The molecule has 0 fully saturated rings. The van der Waals surface area contributed by atoms with Crippen molar-refractivity contribution in [1.82, 2.24) is 0 Å². The second-order valence-corrected chi connectivity index (χ2v) is 1.97. The molecule has 0 bridgehead atoms. The van der Waals surface area contributed by atoms with E-state index in [1.54, 1.807) is 0 Å². The number of carbonyl (C=O) groups excluding carboxylic acids is 2. The highest BCUT2D eigenvalue weighted by atomic mass is 32.1. The van der Waals surface area contributed by atoms with Crippen molar-refractivity contribution in [1.29, 1.82) is 0 Å². The molecule has 0 radical (unpaired) electrons. The lowest BCUT2D eigenvalue weighted by atomic mass is 10.3. The van der Waals surface area contributed by atoms with E-state index in [1.807, 2.05) is 0 Å². The van der Waals surface area contributed by atoms with Gasteiger partial charge in [-0.05, 0) is 6.42 Å². The van der Waals surface area contributed by atoms with Crippen LogP contribution in [0.1, 0.15) is 12.8 Å². The molecule has 0 amide bonds. The minimum atomic E-state index is -0.170. The number of nitrogens with zero attached hydrogens (tertiary/aromatic N) is 1. The molecule has 0 rings (SSSR count). The Hall–Kier alpha value is -0.600. The number of isocyanates is 1. The smallest absolute Gasteiger partial charge is 0.234 e.